The van der Waals surface area contributed by atoms with E-state index in [1.807, 2.05) is 4.90 Å². The maximum Gasteiger partial charge on any atom is 0.445 e. The summed E-state index contributed by atoms with van der Waals surface area (Å²) in [5.41, 5.74) is 0. The SMILES string of the molecule is FC(F)(F)c1nnc(N(CCCBr)C2CCC2)s1. The first-order valence-corrected chi connectivity index (χ1v) is 7.69. The summed E-state index contributed by atoms with van der Waals surface area (Å²) >= 11 is 3.98. The highest BCUT2D eigenvalue weighted by Crippen LogP contribution is 2.37. The van der Waals surface area contributed by atoms with Crippen molar-refractivity contribution in [3.63, 3.8) is 0 Å². The van der Waals surface area contributed by atoms with E-state index in [1.54, 1.807) is 0 Å². The smallest absolute Gasteiger partial charge is 0.344 e. The van der Waals surface area contributed by atoms with Crippen molar-refractivity contribution in [2.75, 3.05) is 16.8 Å². The van der Waals surface area contributed by atoms with E-state index in [4.69, 9.17) is 0 Å². The molecule has 0 radical (unpaired) electrons. The topological polar surface area (TPSA) is 29.0 Å². The van der Waals surface area contributed by atoms with E-state index in [0.29, 0.717) is 22.5 Å². The molecule has 0 spiro atoms. The number of hydrogen-bond donors (Lipinski definition) is 0. The van der Waals surface area contributed by atoms with E-state index in [9.17, 15) is 13.2 Å². The summed E-state index contributed by atoms with van der Waals surface area (Å²) in [7, 11) is 0. The fraction of sp³-hybridized carbons (Fsp3) is 0.800. The Labute approximate surface area is 116 Å². The van der Waals surface area contributed by atoms with E-state index in [2.05, 4.69) is 26.1 Å². The lowest BCUT2D eigenvalue weighted by molar-refractivity contribution is -0.138. The van der Waals surface area contributed by atoms with Crippen molar-refractivity contribution >= 4 is 32.4 Å². The quantitative estimate of drug-likeness (QED) is 0.763. The third kappa shape index (κ3) is 3.14. The van der Waals surface area contributed by atoms with Crippen LogP contribution in [0.4, 0.5) is 18.3 Å². The molecule has 1 fully saturated rings. The van der Waals surface area contributed by atoms with Gasteiger partial charge in [-0.3, -0.25) is 0 Å². The lowest BCUT2D eigenvalue weighted by atomic mass is 9.92. The average Bonchev–Trinajstić information content (AvgIpc) is 2.69. The third-order valence-electron chi connectivity index (χ3n) is 2.95. The highest BCUT2D eigenvalue weighted by Gasteiger charge is 2.37. The molecule has 0 saturated heterocycles. The van der Waals surface area contributed by atoms with Crippen molar-refractivity contribution in [1.82, 2.24) is 10.2 Å². The predicted molar refractivity (Wildman–Crippen MR) is 68.3 cm³/mol. The molecule has 8 heteroatoms. The molecule has 0 aliphatic heterocycles. The molecule has 0 bridgehead atoms. The number of rotatable bonds is 5. The van der Waals surface area contributed by atoms with Crippen LogP contribution in [-0.2, 0) is 6.18 Å². The molecule has 0 unspecified atom stereocenters. The summed E-state index contributed by atoms with van der Waals surface area (Å²) in [5.74, 6) is 0. The predicted octanol–water partition coefficient (Wildman–Crippen LogP) is 3.70. The fourth-order valence-electron chi connectivity index (χ4n) is 1.81. The summed E-state index contributed by atoms with van der Waals surface area (Å²) in [6.07, 6.45) is -0.305. The number of aromatic nitrogens is 2. The molecule has 102 valence electrons. The molecule has 0 amide bonds. The number of anilines is 1. The first-order valence-electron chi connectivity index (χ1n) is 5.75. The van der Waals surface area contributed by atoms with Crippen LogP contribution in [0.15, 0.2) is 0 Å². The van der Waals surface area contributed by atoms with Crippen LogP contribution in [0.1, 0.15) is 30.7 Å². The lowest BCUT2D eigenvalue weighted by Gasteiger charge is -2.37. The van der Waals surface area contributed by atoms with E-state index >= 15 is 0 Å². The minimum Gasteiger partial charge on any atom is -0.344 e. The van der Waals surface area contributed by atoms with Gasteiger partial charge in [-0.1, -0.05) is 27.3 Å². The molecule has 1 aromatic rings. The van der Waals surface area contributed by atoms with Crippen LogP contribution in [0.3, 0.4) is 0 Å². The molecule has 0 N–H and O–H groups in total. The molecular formula is C10H13BrF3N3S. The van der Waals surface area contributed by atoms with Gasteiger partial charge in [0.25, 0.3) is 0 Å². The van der Waals surface area contributed by atoms with Crippen molar-refractivity contribution in [3.05, 3.63) is 5.01 Å². The van der Waals surface area contributed by atoms with E-state index in [-0.39, 0.29) is 0 Å². The van der Waals surface area contributed by atoms with Gasteiger partial charge in [-0.15, -0.1) is 10.2 Å². The molecule has 1 aliphatic carbocycles. The number of alkyl halides is 4. The van der Waals surface area contributed by atoms with Gasteiger partial charge in [0.15, 0.2) is 0 Å². The Hall–Kier alpha value is -0.370. The monoisotopic (exact) mass is 343 g/mol. The summed E-state index contributed by atoms with van der Waals surface area (Å²) in [5, 5.41) is 7.32. The molecular weight excluding hydrogens is 331 g/mol. The second kappa shape index (κ2) is 5.73. The molecule has 2 rings (SSSR count). The van der Waals surface area contributed by atoms with Crippen LogP contribution in [0.25, 0.3) is 0 Å². The zero-order valence-electron chi connectivity index (χ0n) is 9.58. The summed E-state index contributed by atoms with van der Waals surface area (Å²) < 4.78 is 37.5. The largest absolute Gasteiger partial charge is 0.445 e. The summed E-state index contributed by atoms with van der Waals surface area (Å²) in [4.78, 5) is 1.97. The Balaban J connectivity index is 2.11. The van der Waals surface area contributed by atoms with Crippen LogP contribution in [-0.4, -0.2) is 28.1 Å². The molecule has 1 saturated carbocycles. The van der Waals surface area contributed by atoms with Crippen molar-refractivity contribution in [3.8, 4) is 0 Å². The van der Waals surface area contributed by atoms with Gasteiger partial charge in [0.2, 0.25) is 10.1 Å². The van der Waals surface area contributed by atoms with Crippen molar-refractivity contribution in [2.45, 2.75) is 37.9 Å². The summed E-state index contributed by atoms with van der Waals surface area (Å²) in [6.45, 7) is 0.725. The van der Waals surface area contributed by atoms with Crippen LogP contribution in [0.5, 0.6) is 0 Å². The van der Waals surface area contributed by atoms with Crippen LogP contribution in [0.2, 0.25) is 0 Å². The molecule has 1 heterocycles. The van der Waals surface area contributed by atoms with Gasteiger partial charge in [0, 0.05) is 17.9 Å². The molecule has 0 atom stereocenters. The van der Waals surface area contributed by atoms with Crippen LogP contribution in [0, 0.1) is 0 Å². The van der Waals surface area contributed by atoms with Gasteiger partial charge in [0.05, 0.1) is 0 Å². The molecule has 0 aromatic carbocycles. The Kier molecular flexibility index (Phi) is 4.47. The van der Waals surface area contributed by atoms with Gasteiger partial charge in [-0.05, 0) is 25.7 Å². The van der Waals surface area contributed by atoms with E-state index < -0.39 is 11.2 Å². The fourth-order valence-corrected chi connectivity index (χ4v) is 2.87. The van der Waals surface area contributed by atoms with E-state index in [0.717, 1.165) is 37.6 Å². The van der Waals surface area contributed by atoms with Gasteiger partial charge in [-0.2, -0.15) is 13.2 Å². The van der Waals surface area contributed by atoms with Crippen LogP contribution >= 0.6 is 27.3 Å². The maximum absolute atomic E-state index is 12.5. The van der Waals surface area contributed by atoms with Gasteiger partial charge < -0.3 is 4.90 Å². The summed E-state index contributed by atoms with van der Waals surface area (Å²) in [6, 6.07) is 0.332. The highest BCUT2D eigenvalue weighted by atomic mass is 79.9. The lowest BCUT2D eigenvalue weighted by Crippen LogP contribution is -2.41. The zero-order chi connectivity index (χ0) is 13.2. The molecule has 3 nitrogen and oxygen atoms in total. The second-order valence-corrected chi connectivity index (χ2v) is 5.96. The first-order chi connectivity index (χ1) is 8.52. The average molecular weight is 344 g/mol. The Morgan fingerprint density at radius 1 is 1.33 bits per heavy atom. The van der Waals surface area contributed by atoms with Crippen molar-refractivity contribution in [2.24, 2.45) is 0 Å². The van der Waals surface area contributed by atoms with E-state index in [1.165, 1.54) is 0 Å². The minimum atomic E-state index is -4.39. The zero-order valence-corrected chi connectivity index (χ0v) is 12.0. The van der Waals surface area contributed by atoms with Gasteiger partial charge in [-0.25, -0.2) is 0 Å². The number of halogens is 4. The standard InChI is InChI=1S/C10H13BrF3N3S/c11-5-2-6-17(7-3-1-4-7)9-16-15-8(18-9)10(12,13)14/h7H,1-6H2. The molecule has 1 aliphatic rings. The molecule has 18 heavy (non-hydrogen) atoms. The van der Waals surface area contributed by atoms with Crippen molar-refractivity contribution < 1.29 is 13.2 Å². The van der Waals surface area contributed by atoms with Gasteiger partial charge in [0.1, 0.15) is 0 Å². The minimum absolute atomic E-state index is 0.332. The second-order valence-electron chi connectivity index (χ2n) is 4.21. The Morgan fingerprint density at radius 2 is 2.06 bits per heavy atom. The van der Waals surface area contributed by atoms with Crippen LogP contribution < -0.4 is 4.90 Å². The highest BCUT2D eigenvalue weighted by molar-refractivity contribution is 9.09. The first kappa shape index (κ1) is 14.0. The Bertz CT molecular complexity index is 392. The Morgan fingerprint density at radius 3 is 2.50 bits per heavy atom. The number of nitrogens with zero attached hydrogens (tertiary/aromatic N) is 3. The number of hydrogen-bond acceptors (Lipinski definition) is 4. The van der Waals surface area contributed by atoms with Gasteiger partial charge >= 0.3 is 6.18 Å². The maximum atomic E-state index is 12.5. The molecule has 1 aromatic heterocycles. The third-order valence-corrected chi connectivity index (χ3v) is 4.52. The van der Waals surface area contributed by atoms with Crippen molar-refractivity contribution in [1.29, 1.82) is 0 Å². The normalized spacial score (nSPS) is 16.7.